The summed E-state index contributed by atoms with van der Waals surface area (Å²) in [5.41, 5.74) is 6.16. The van der Waals surface area contributed by atoms with Gasteiger partial charge in [-0.25, -0.2) is 4.98 Å². The van der Waals surface area contributed by atoms with Crippen LogP contribution in [0, 0.1) is 0 Å². The van der Waals surface area contributed by atoms with Gasteiger partial charge in [0.15, 0.2) is 0 Å². The van der Waals surface area contributed by atoms with Gasteiger partial charge in [0.05, 0.1) is 12.6 Å². The summed E-state index contributed by atoms with van der Waals surface area (Å²) in [6.45, 7) is 5.55. The summed E-state index contributed by atoms with van der Waals surface area (Å²) in [7, 11) is 1.74. The molecule has 0 saturated carbocycles. The molecule has 0 fully saturated rings. The summed E-state index contributed by atoms with van der Waals surface area (Å²) in [4.78, 5) is 17.8. The first-order valence-electron chi connectivity index (χ1n) is 5.60. The number of carbonyl (C=O) groups is 1. The molecule has 0 radical (unpaired) electrons. The number of hydrogen-bond acceptors (Lipinski definition) is 5. The molecule has 1 atom stereocenters. The molecule has 0 aliphatic rings. The van der Waals surface area contributed by atoms with Gasteiger partial charge in [-0.1, -0.05) is 0 Å². The molecule has 0 saturated heterocycles. The second kappa shape index (κ2) is 6.68. The third-order valence-corrected chi connectivity index (χ3v) is 3.30. The van der Waals surface area contributed by atoms with Crippen molar-refractivity contribution in [3.63, 3.8) is 0 Å². The molecule has 1 aromatic heterocycles. The molecular weight excluding hydrogens is 238 g/mol. The molecule has 17 heavy (non-hydrogen) atoms. The van der Waals surface area contributed by atoms with Crippen LogP contribution >= 0.6 is 11.3 Å². The van der Waals surface area contributed by atoms with E-state index >= 15 is 0 Å². The number of rotatable bonds is 6. The van der Waals surface area contributed by atoms with Crippen molar-refractivity contribution >= 4 is 17.2 Å². The quantitative estimate of drug-likeness (QED) is 0.779. The topological polar surface area (TPSA) is 68.5 Å². The van der Waals surface area contributed by atoms with Crippen LogP contribution in [0.3, 0.4) is 0 Å². The highest BCUT2D eigenvalue weighted by molar-refractivity contribution is 7.09. The van der Waals surface area contributed by atoms with Crippen molar-refractivity contribution in [2.75, 3.05) is 26.8 Å². The van der Waals surface area contributed by atoms with Crippen molar-refractivity contribution in [1.29, 1.82) is 0 Å². The fourth-order valence-corrected chi connectivity index (χ4v) is 1.99. The van der Waals surface area contributed by atoms with Gasteiger partial charge in [-0.15, -0.1) is 11.3 Å². The Kier molecular flexibility index (Phi) is 5.54. The van der Waals surface area contributed by atoms with Crippen molar-refractivity contribution in [2.45, 2.75) is 19.9 Å². The summed E-state index contributed by atoms with van der Waals surface area (Å²) >= 11 is 1.42. The van der Waals surface area contributed by atoms with Gasteiger partial charge in [-0.3, -0.25) is 4.79 Å². The predicted molar refractivity (Wildman–Crippen MR) is 68.2 cm³/mol. The highest BCUT2D eigenvalue weighted by atomic mass is 32.1. The summed E-state index contributed by atoms with van der Waals surface area (Å²) in [5.74, 6) is -0.0900. The number of ether oxygens (including phenoxy) is 1. The van der Waals surface area contributed by atoms with E-state index in [1.807, 2.05) is 13.8 Å². The molecule has 96 valence electrons. The maximum absolute atomic E-state index is 11.9. The van der Waals surface area contributed by atoms with Crippen molar-refractivity contribution in [3.05, 3.63) is 16.1 Å². The monoisotopic (exact) mass is 257 g/mol. The predicted octanol–water partition coefficient (Wildman–Crippen LogP) is 1.27. The molecule has 0 aromatic carbocycles. The minimum atomic E-state index is -0.129. The second-order valence-corrected chi connectivity index (χ2v) is 4.67. The maximum atomic E-state index is 11.9. The molecule has 0 aliphatic heterocycles. The average molecular weight is 257 g/mol. The Labute approximate surface area is 106 Å². The SMILES string of the molecule is CCOCCN(C)C(=O)c1csc(C(C)N)n1. The van der Waals surface area contributed by atoms with Crippen LogP contribution in [0.1, 0.15) is 35.4 Å². The van der Waals surface area contributed by atoms with Gasteiger partial charge in [0.25, 0.3) is 5.91 Å². The molecule has 0 spiro atoms. The minimum Gasteiger partial charge on any atom is -0.380 e. The van der Waals surface area contributed by atoms with Crippen molar-refractivity contribution in [3.8, 4) is 0 Å². The molecule has 5 nitrogen and oxygen atoms in total. The van der Waals surface area contributed by atoms with E-state index in [9.17, 15) is 4.79 Å². The van der Waals surface area contributed by atoms with Crippen LogP contribution in [0.15, 0.2) is 5.38 Å². The van der Waals surface area contributed by atoms with E-state index in [0.29, 0.717) is 25.5 Å². The van der Waals surface area contributed by atoms with Crippen LogP contribution in [-0.2, 0) is 4.74 Å². The average Bonchev–Trinajstić information content (AvgIpc) is 2.77. The summed E-state index contributed by atoms with van der Waals surface area (Å²) < 4.78 is 5.20. The number of likely N-dealkylation sites (N-methyl/N-ethyl adjacent to an activating group) is 1. The van der Waals surface area contributed by atoms with E-state index < -0.39 is 0 Å². The zero-order chi connectivity index (χ0) is 12.8. The first-order chi connectivity index (χ1) is 8.06. The first kappa shape index (κ1) is 14.1. The Bertz CT molecular complexity index is 365. The summed E-state index contributed by atoms with van der Waals surface area (Å²) in [5, 5.41) is 2.53. The van der Waals surface area contributed by atoms with Crippen molar-refractivity contribution in [2.24, 2.45) is 5.73 Å². The van der Waals surface area contributed by atoms with E-state index in [0.717, 1.165) is 5.01 Å². The van der Waals surface area contributed by atoms with Gasteiger partial charge in [0, 0.05) is 25.6 Å². The van der Waals surface area contributed by atoms with Gasteiger partial charge in [-0.2, -0.15) is 0 Å². The highest BCUT2D eigenvalue weighted by Gasteiger charge is 2.16. The zero-order valence-corrected chi connectivity index (χ0v) is 11.3. The van der Waals surface area contributed by atoms with Crippen LogP contribution in [0.5, 0.6) is 0 Å². The number of thiazole rings is 1. The standard InChI is InChI=1S/C11H19N3O2S/c1-4-16-6-5-14(3)11(15)9-7-17-10(13-9)8(2)12/h7-8H,4-6,12H2,1-3H3. The fraction of sp³-hybridized carbons (Fsp3) is 0.636. The third-order valence-electron chi connectivity index (χ3n) is 2.25. The van der Waals surface area contributed by atoms with Crippen LogP contribution in [0.2, 0.25) is 0 Å². The van der Waals surface area contributed by atoms with Crippen LogP contribution in [0.4, 0.5) is 0 Å². The van der Waals surface area contributed by atoms with E-state index in [1.54, 1.807) is 17.3 Å². The number of carbonyl (C=O) groups excluding carboxylic acids is 1. The van der Waals surface area contributed by atoms with Gasteiger partial charge in [-0.05, 0) is 13.8 Å². The van der Waals surface area contributed by atoms with E-state index in [1.165, 1.54) is 11.3 Å². The lowest BCUT2D eigenvalue weighted by atomic mass is 10.3. The lowest BCUT2D eigenvalue weighted by molar-refractivity contribution is 0.0705. The number of nitrogens with zero attached hydrogens (tertiary/aromatic N) is 2. The molecule has 1 unspecified atom stereocenters. The van der Waals surface area contributed by atoms with Crippen molar-refractivity contribution in [1.82, 2.24) is 9.88 Å². The Morgan fingerprint density at radius 1 is 1.71 bits per heavy atom. The first-order valence-corrected chi connectivity index (χ1v) is 6.48. The molecule has 1 aromatic rings. The van der Waals surface area contributed by atoms with Gasteiger partial charge in [0.1, 0.15) is 10.7 Å². The van der Waals surface area contributed by atoms with Crippen LogP contribution in [-0.4, -0.2) is 42.6 Å². The number of aromatic nitrogens is 1. The minimum absolute atomic E-state index is 0.0900. The van der Waals surface area contributed by atoms with Crippen LogP contribution in [0.25, 0.3) is 0 Å². The molecule has 1 rings (SSSR count). The molecule has 0 aliphatic carbocycles. The highest BCUT2D eigenvalue weighted by Crippen LogP contribution is 2.16. The fourth-order valence-electron chi connectivity index (χ4n) is 1.24. The zero-order valence-electron chi connectivity index (χ0n) is 10.5. The molecule has 6 heteroatoms. The van der Waals surface area contributed by atoms with Gasteiger partial charge in [0.2, 0.25) is 0 Å². The molecule has 0 bridgehead atoms. The number of nitrogens with two attached hydrogens (primary N) is 1. The Balaban J connectivity index is 2.55. The van der Waals surface area contributed by atoms with Gasteiger partial charge >= 0.3 is 0 Å². The summed E-state index contributed by atoms with van der Waals surface area (Å²) in [6, 6.07) is -0.129. The number of amides is 1. The van der Waals surface area contributed by atoms with E-state index in [-0.39, 0.29) is 11.9 Å². The van der Waals surface area contributed by atoms with Crippen molar-refractivity contribution < 1.29 is 9.53 Å². The lowest BCUT2D eigenvalue weighted by Crippen LogP contribution is -2.30. The maximum Gasteiger partial charge on any atom is 0.273 e. The smallest absolute Gasteiger partial charge is 0.273 e. The molecule has 1 heterocycles. The van der Waals surface area contributed by atoms with E-state index in [4.69, 9.17) is 10.5 Å². The normalized spacial score (nSPS) is 12.5. The Morgan fingerprint density at radius 2 is 2.41 bits per heavy atom. The Hall–Kier alpha value is -0.980. The second-order valence-electron chi connectivity index (χ2n) is 3.78. The Morgan fingerprint density at radius 3 is 2.94 bits per heavy atom. The number of hydrogen-bond donors (Lipinski definition) is 1. The lowest BCUT2D eigenvalue weighted by Gasteiger charge is -2.15. The largest absolute Gasteiger partial charge is 0.380 e. The molecule has 2 N–H and O–H groups in total. The molecular formula is C11H19N3O2S. The molecule has 1 amide bonds. The van der Waals surface area contributed by atoms with Crippen LogP contribution < -0.4 is 5.73 Å². The summed E-state index contributed by atoms with van der Waals surface area (Å²) in [6.07, 6.45) is 0. The van der Waals surface area contributed by atoms with E-state index in [2.05, 4.69) is 4.98 Å². The van der Waals surface area contributed by atoms with Gasteiger partial charge < -0.3 is 15.4 Å². The third kappa shape index (κ3) is 4.07.